The number of hydrogen-bond donors (Lipinski definition) is 2. The highest BCUT2D eigenvalue weighted by Gasteiger charge is 2.53. The number of allylic oxidation sites excluding steroid dienone is 4. The molecule has 1 heterocycles. The molecular weight excluding hydrogens is 406 g/mol. The van der Waals surface area contributed by atoms with Gasteiger partial charge in [0.1, 0.15) is 8.24 Å². The van der Waals surface area contributed by atoms with E-state index >= 15 is 0 Å². The molecule has 2 fully saturated rings. The second-order valence-corrected chi connectivity index (χ2v) is 14.9. The lowest BCUT2D eigenvalue weighted by Crippen LogP contribution is -2.63. The minimum Gasteiger partial charge on any atom is -0.299 e. The van der Waals surface area contributed by atoms with Crippen molar-refractivity contribution >= 4 is 13.8 Å². The number of rotatable bonds is 5. The van der Waals surface area contributed by atoms with Crippen molar-refractivity contribution in [2.75, 3.05) is 20.0 Å². The van der Waals surface area contributed by atoms with Crippen molar-refractivity contribution < 1.29 is 0 Å². The van der Waals surface area contributed by atoms with Crippen molar-refractivity contribution in [1.29, 1.82) is 0 Å². The van der Waals surface area contributed by atoms with Crippen molar-refractivity contribution in [1.82, 2.24) is 15.2 Å². The van der Waals surface area contributed by atoms with Gasteiger partial charge in [-0.2, -0.15) is 0 Å². The van der Waals surface area contributed by atoms with Crippen molar-refractivity contribution in [3.63, 3.8) is 0 Å². The molecule has 4 unspecified atom stereocenters. The van der Waals surface area contributed by atoms with Gasteiger partial charge in [-0.3, -0.25) is 15.2 Å². The first kappa shape index (κ1) is 21.8. The van der Waals surface area contributed by atoms with E-state index in [0.717, 1.165) is 31.5 Å². The van der Waals surface area contributed by atoms with E-state index in [1.165, 1.54) is 29.5 Å². The van der Waals surface area contributed by atoms with E-state index in [1.54, 1.807) is 5.57 Å². The van der Waals surface area contributed by atoms with Gasteiger partial charge in [0.05, 0.1) is 0 Å². The highest BCUT2D eigenvalue weighted by Crippen LogP contribution is 2.58. The summed E-state index contributed by atoms with van der Waals surface area (Å²) in [5.41, 5.74) is 6.36. The van der Waals surface area contributed by atoms with Crippen LogP contribution in [0.3, 0.4) is 0 Å². The third-order valence-corrected chi connectivity index (χ3v) is 12.7. The molecule has 2 aliphatic carbocycles. The van der Waals surface area contributed by atoms with Crippen molar-refractivity contribution in [3.8, 4) is 11.1 Å². The van der Waals surface area contributed by atoms with Crippen LogP contribution < -0.4 is 10.6 Å². The fourth-order valence-corrected chi connectivity index (χ4v) is 10.9. The minimum atomic E-state index is -1.63. The molecule has 1 saturated heterocycles. The third kappa shape index (κ3) is 3.94. The highest BCUT2D eigenvalue weighted by atomic mass is 28.3. The van der Waals surface area contributed by atoms with Gasteiger partial charge in [0.2, 0.25) is 0 Å². The molecule has 0 spiro atoms. The summed E-state index contributed by atoms with van der Waals surface area (Å²) < 4.78 is 2.74. The highest BCUT2D eigenvalue weighted by molar-refractivity contribution is 6.76. The van der Waals surface area contributed by atoms with Crippen LogP contribution in [0.1, 0.15) is 25.3 Å². The Balaban J connectivity index is 1.46. The van der Waals surface area contributed by atoms with E-state index < -0.39 is 8.24 Å². The maximum absolute atomic E-state index is 3.55. The maximum Gasteiger partial charge on any atom is 0.129 e. The number of fused-ring (bicyclic) bond motifs is 1. The van der Waals surface area contributed by atoms with Crippen LogP contribution >= 0.6 is 0 Å². The van der Waals surface area contributed by atoms with E-state index in [0.29, 0.717) is 11.8 Å². The molecule has 32 heavy (non-hydrogen) atoms. The smallest absolute Gasteiger partial charge is 0.129 e. The molecule has 1 saturated carbocycles. The Bertz CT molecular complexity index is 991. The monoisotopic (exact) mass is 443 g/mol. The molecule has 0 aromatic heterocycles. The molecule has 4 heteroatoms. The van der Waals surface area contributed by atoms with Crippen LogP contribution in [0.25, 0.3) is 16.7 Å². The first-order valence-electron chi connectivity index (χ1n) is 12.3. The van der Waals surface area contributed by atoms with Crippen LogP contribution in [0.5, 0.6) is 0 Å². The van der Waals surface area contributed by atoms with Crippen molar-refractivity contribution in [2.45, 2.75) is 38.4 Å². The van der Waals surface area contributed by atoms with Crippen LogP contribution in [0.4, 0.5) is 0 Å². The molecule has 0 amide bonds. The molecule has 0 bridgehead atoms. The standard InChI is InChI=1S/C28H37N3Si/c1-4-21-17-27-25(24-13-8-12-23(16-24)22-10-6-5-7-11-22)14-9-15-26(27)28(21)32(2,3)31-19-29-18-30-20-31/h5-16,21,26-30H,4,17-20H2,1-3H3. The van der Waals surface area contributed by atoms with Gasteiger partial charge < -0.3 is 0 Å². The van der Waals surface area contributed by atoms with E-state index in [1.807, 2.05) is 0 Å². The van der Waals surface area contributed by atoms with Gasteiger partial charge in [0.25, 0.3) is 0 Å². The first-order chi connectivity index (χ1) is 15.6. The number of nitrogens with one attached hydrogen (secondary N) is 2. The van der Waals surface area contributed by atoms with Gasteiger partial charge in [0, 0.05) is 20.0 Å². The molecule has 3 aliphatic rings. The number of nitrogens with zero attached hydrogens (tertiary/aromatic N) is 1. The van der Waals surface area contributed by atoms with Gasteiger partial charge in [-0.15, -0.1) is 0 Å². The molecule has 5 rings (SSSR count). The fourth-order valence-electron chi connectivity index (χ4n) is 6.63. The topological polar surface area (TPSA) is 27.3 Å². The zero-order chi connectivity index (χ0) is 22.1. The summed E-state index contributed by atoms with van der Waals surface area (Å²) >= 11 is 0. The summed E-state index contributed by atoms with van der Waals surface area (Å²) in [7, 11) is -1.63. The summed E-state index contributed by atoms with van der Waals surface area (Å²) in [6.07, 6.45) is 9.92. The fraction of sp³-hybridized carbons (Fsp3) is 0.429. The second kappa shape index (κ2) is 9.10. The Morgan fingerprint density at radius 1 is 0.938 bits per heavy atom. The van der Waals surface area contributed by atoms with Crippen LogP contribution in [0, 0.1) is 17.8 Å². The van der Waals surface area contributed by atoms with Gasteiger partial charge in [0.15, 0.2) is 0 Å². The molecule has 2 aromatic carbocycles. The lowest BCUT2D eigenvalue weighted by molar-refractivity contribution is 0.278. The normalized spacial score (nSPS) is 28.4. The Labute approximate surface area is 194 Å². The van der Waals surface area contributed by atoms with Crippen molar-refractivity contribution in [2.24, 2.45) is 17.8 Å². The van der Waals surface area contributed by atoms with E-state index in [9.17, 15) is 0 Å². The molecule has 3 nitrogen and oxygen atoms in total. The number of hydrogen-bond acceptors (Lipinski definition) is 3. The lowest BCUT2D eigenvalue weighted by atomic mass is 9.80. The summed E-state index contributed by atoms with van der Waals surface area (Å²) in [6, 6.07) is 20.0. The Morgan fingerprint density at radius 3 is 2.41 bits per heavy atom. The minimum absolute atomic E-state index is 0.637. The molecule has 2 aromatic rings. The van der Waals surface area contributed by atoms with E-state index in [-0.39, 0.29) is 0 Å². The van der Waals surface area contributed by atoms with Gasteiger partial charge in [-0.1, -0.05) is 93.2 Å². The number of benzene rings is 2. The summed E-state index contributed by atoms with van der Waals surface area (Å²) in [4.78, 5) is 0. The predicted octanol–water partition coefficient (Wildman–Crippen LogP) is 5.91. The zero-order valence-electron chi connectivity index (χ0n) is 19.7. The average Bonchev–Trinajstić information content (AvgIpc) is 3.25. The van der Waals surface area contributed by atoms with Gasteiger partial charge in [-0.25, -0.2) is 0 Å². The average molecular weight is 444 g/mol. The quantitative estimate of drug-likeness (QED) is 0.562. The molecule has 2 N–H and O–H groups in total. The SMILES string of the molecule is CCC1CC2C(c3cccc(-c4ccccc4)c3)=CC=CC2C1[Si](C)(C)N1CNCNC1. The lowest BCUT2D eigenvalue weighted by Gasteiger charge is -2.47. The maximum atomic E-state index is 3.55. The Kier molecular flexibility index (Phi) is 6.21. The van der Waals surface area contributed by atoms with E-state index in [4.69, 9.17) is 0 Å². The summed E-state index contributed by atoms with van der Waals surface area (Å²) in [5.74, 6) is 2.10. The molecule has 0 radical (unpaired) electrons. The van der Waals surface area contributed by atoms with E-state index in [2.05, 4.69) is 108 Å². The van der Waals surface area contributed by atoms with Gasteiger partial charge >= 0.3 is 0 Å². The van der Waals surface area contributed by atoms with Crippen LogP contribution in [-0.2, 0) is 0 Å². The van der Waals surface area contributed by atoms with Crippen LogP contribution in [0.15, 0.2) is 72.8 Å². The predicted molar refractivity (Wildman–Crippen MR) is 138 cm³/mol. The van der Waals surface area contributed by atoms with Gasteiger partial charge in [-0.05, 0) is 58.0 Å². The third-order valence-electron chi connectivity index (χ3n) is 8.27. The Hall–Kier alpha value is -1.98. The summed E-state index contributed by atoms with van der Waals surface area (Å²) in [5, 5.41) is 7.09. The Morgan fingerprint density at radius 2 is 1.66 bits per heavy atom. The van der Waals surface area contributed by atoms with Crippen LogP contribution in [0.2, 0.25) is 18.6 Å². The van der Waals surface area contributed by atoms with Crippen molar-refractivity contribution in [3.05, 3.63) is 78.4 Å². The largest absolute Gasteiger partial charge is 0.299 e. The zero-order valence-corrected chi connectivity index (χ0v) is 20.7. The molecule has 4 atom stereocenters. The molecule has 168 valence electrons. The molecular formula is C28H37N3Si. The first-order valence-corrected chi connectivity index (χ1v) is 15.3. The van der Waals surface area contributed by atoms with Crippen LogP contribution in [-0.4, -0.2) is 32.8 Å². The summed E-state index contributed by atoms with van der Waals surface area (Å²) in [6.45, 7) is 10.6. The molecule has 1 aliphatic heterocycles. The second-order valence-electron chi connectivity index (χ2n) is 10.3.